The van der Waals surface area contributed by atoms with Crippen molar-refractivity contribution in [2.24, 2.45) is 0 Å². The Hall–Kier alpha value is -1.35. The standard InChI is InChI=1S/C13H14BrNO/c1-3-4-9-15(11(2)16)13-7-5-12(10-14)6-8-13/h3-9H,1,10H2,2H3/b9-4-. The highest BCUT2D eigenvalue weighted by Crippen LogP contribution is 2.17. The zero-order chi connectivity index (χ0) is 12.0. The predicted molar refractivity (Wildman–Crippen MR) is 71.6 cm³/mol. The van der Waals surface area contributed by atoms with Crippen molar-refractivity contribution in [3.8, 4) is 0 Å². The van der Waals surface area contributed by atoms with Gasteiger partial charge in [-0.3, -0.25) is 9.69 Å². The van der Waals surface area contributed by atoms with Crippen LogP contribution >= 0.6 is 15.9 Å². The second-order valence-electron chi connectivity index (χ2n) is 3.27. The van der Waals surface area contributed by atoms with Crippen molar-refractivity contribution in [2.75, 3.05) is 4.90 Å². The van der Waals surface area contributed by atoms with E-state index < -0.39 is 0 Å². The van der Waals surface area contributed by atoms with Gasteiger partial charge in [0.15, 0.2) is 0 Å². The zero-order valence-electron chi connectivity index (χ0n) is 9.19. The molecule has 16 heavy (non-hydrogen) atoms. The van der Waals surface area contributed by atoms with Gasteiger partial charge in [-0.15, -0.1) is 0 Å². The van der Waals surface area contributed by atoms with Gasteiger partial charge in [-0.1, -0.05) is 40.7 Å². The maximum absolute atomic E-state index is 11.4. The number of rotatable bonds is 4. The lowest BCUT2D eigenvalue weighted by Crippen LogP contribution is -2.21. The molecule has 1 amide bonds. The van der Waals surface area contributed by atoms with Crippen LogP contribution in [0.3, 0.4) is 0 Å². The molecule has 3 heteroatoms. The minimum absolute atomic E-state index is 0.0234. The maximum atomic E-state index is 11.4. The fourth-order valence-corrected chi connectivity index (χ4v) is 1.64. The lowest BCUT2D eigenvalue weighted by atomic mass is 10.2. The first-order chi connectivity index (χ1) is 7.69. The summed E-state index contributed by atoms with van der Waals surface area (Å²) in [5, 5.41) is 0.815. The molecule has 84 valence electrons. The molecule has 0 radical (unpaired) electrons. The van der Waals surface area contributed by atoms with Gasteiger partial charge in [0.25, 0.3) is 0 Å². The van der Waals surface area contributed by atoms with E-state index in [4.69, 9.17) is 0 Å². The van der Waals surface area contributed by atoms with Crippen LogP contribution in [-0.4, -0.2) is 5.91 Å². The van der Waals surface area contributed by atoms with E-state index in [1.54, 1.807) is 23.3 Å². The van der Waals surface area contributed by atoms with Gasteiger partial charge < -0.3 is 0 Å². The molecule has 0 aliphatic heterocycles. The number of hydrogen-bond donors (Lipinski definition) is 0. The Morgan fingerprint density at radius 1 is 1.44 bits per heavy atom. The van der Waals surface area contributed by atoms with Gasteiger partial charge in [-0.05, 0) is 23.8 Å². The highest BCUT2D eigenvalue weighted by molar-refractivity contribution is 9.08. The summed E-state index contributed by atoms with van der Waals surface area (Å²) in [6.07, 6.45) is 5.08. The third kappa shape index (κ3) is 3.35. The van der Waals surface area contributed by atoms with Gasteiger partial charge >= 0.3 is 0 Å². The molecule has 0 aliphatic rings. The van der Waals surface area contributed by atoms with Gasteiger partial charge in [0, 0.05) is 24.1 Å². The molecule has 0 unspecified atom stereocenters. The largest absolute Gasteiger partial charge is 0.288 e. The first kappa shape index (κ1) is 12.7. The Balaban J connectivity index is 2.96. The zero-order valence-corrected chi connectivity index (χ0v) is 10.8. The molecule has 0 heterocycles. The van der Waals surface area contributed by atoms with Crippen molar-refractivity contribution in [2.45, 2.75) is 12.3 Å². The number of hydrogen-bond acceptors (Lipinski definition) is 1. The van der Waals surface area contributed by atoms with E-state index in [0.717, 1.165) is 11.0 Å². The van der Waals surface area contributed by atoms with E-state index in [9.17, 15) is 4.79 Å². The number of allylic oxidation sites excluding steroid dienone is 2. The molecule has 1 aromatic rings. The summed E-state index contributed by atoms with van der Waals surface area (Å²) in [5.74, 6) is -0.0234. The lowest BCUT2D eigenvalue weighted by Gasteiger charge is -2.16. The van der Waals surface area contributed by atoms with Crippen molar-refractivity contribution in [1.82, 2.24) is 0 Å². The summed E-state index contributed by atoms with van der Waals surface area (Å²) in [6, 6.07) is 7.82. The van der Waals surface area contributed by atoms with Crippen LogP contribution in [0.15, 0.2) is 49.2 Å². The molecule has 0 saturated carbocycles. The molecular formula is C13H14BrNO. The summed E-state index contributed by atoms with van der Waals surface area (Å²) >= 11 is 3.38. The summed E-state index contributed by atoms with van der Waals surface area (Å²) in [6.45, 7) is 5.12. The minimum atomic E-state index is -0.0234. The highest BCUT2D eigenvalue weighted by atomic mass is 79.9. The Labute approximate surface area is 104 Å². The SMILES string of the molecule is C=C/C=C\N(C(C)=O)c1ccc(CBr)cc1. The van der Waals surface area contributed by atoms with Crippen LogP contribution in [0.1, 0.15) is 12.5 Å². The quantitative estimate of drug-likeness (QED) is 0.609. The number of anilines is 1. The minimum Gasteiger partial charge on any atom is -0.288 e. The highest BCUT2D eigenvalue weighted by Gasteiger charge is 2.06. The molecule has 0 spiro atoms. The smallest absolute Gasteiger partial charge is 0.227 e. The molecular weight excluding hydrogens is 266 g/mol. The molecule has 0 bridgehead atoms. The summed E-state index contributed by atoms with van der Waals surface area (Å²) < 4.78 is 0. The third-order valence-electron chi connectivity index (χ3n) is 2.08. The second-order valence-corrected chi connectivity index (χ2v) is 3.83. The van der Waals surface area contributed by atoms with Gasteiger partial charge in [0.2, 0.25) is 5.91 Å². The van der Waals surface area contributed by atoms with E-state index >= 15 is 0 Å². The molecule has 1 rings (SSSR count). The van der Waals surface area contributed by atoms with Crippen LogP contribution in [0.5, 0.6) is 0 Å². The third-order valence-corrected chi connectivity index (χ3v) is 2.73. The first-order valence-corrected chi connectivity index (χ1v) is 6.05. The van der Waals surface area contributed by atoms with E-state index in [1.807, 2.05) is 24.3 Å². The molecule has 0 aliphatic carbocycles. The van der Waals surface area contributed by atoms with Crippen molar-refractivity contribution in [3.05, 3.63) is 54.8 Å². The number of halogens is 1. The van der Waals surface area contributed by atoms with E-state index in [0.29, 0.717) is 0 Å². The average Bonchev–Trinajstić information content (AvgIpc) is 2.30. The van der Waals surface area contributed by atoms with Crippen LogP contribution < -0.4 is 4.90 Å². The molecule has 0 N–H and O–H groups in total. The molecule has 0 fully saturated rings. The first-order valence-electron chi connectivity index (χ1n) is 4.93. The predicted octanol–water partition coefficient (Wildman–Crippen LogP) is 3.63. The Kier molecular flexibility index (Phi) is 4.99. The van der Waals surface area contributed by atoms with E-state index in [-0.39, 0.29) is 5.91 Å². The normalized spacial score (nSPS) is 10.4. The molecule has 1 aromatic carbocycles. The summed E-state index contributed by atoms with van der Waals surface area (Å²) in [4.78, 5) is 13.0. The van der Waals surface area contributed by atoms with Crippen molar-refractivity contribution < 1.29 is 4.79 Å². The van der Waals surface area contributed by atoms with Gasteiger partial charge in [0.1, 0.15) is 0 Å². The Morgan fingerprint density at radius 2 is 2.06 bits per heavy atom. The molecule has 2 nitrogen and oxygen atoms in total. The van der Waals surface area contributed by atoms with E-state index in [2.05, 4.69) is 22.5 Å². The topological polar surface area (TPSA) is 20.3 Å². The van der Waals surface area contributed by atoms with Crippen LogP contribution in [0.2, 0.25) is 0 Å². The fraction of sp³-hybridized carbons (Fsp3) is 0.154. The monoisotopic (exact) mass is 279 g/mol. The van der Waals surface area contributed by atoms with Crippen molar-refractivity contribution >= 4 is 27.5 Å². The van der Waals surface area contributed by atoms with Crippen molar-refractivity contribution in [1.29, 1.82) is 0 Å². The number of nitrogens with zero attached hydrogens (tertiary/aromatic N) is 1. The van der Waals surface area contributed by atoms with Crippen molar-refractivity contribution in [3.63, 3.8) is 0 Å². The Morgan fingerprint density at radius 3 is 2.50 bits per heavy atom. The number of benzene rings is 1. The molecule has 0 aromatic heterocycles. The fourth-order valence-electron chi connectivity index (χ4n) is 1.27. The number of alkyl halides is 1. The summed E-state index contributed by atoms with van der Waals surface area (Å²) in [7, 11) is 0. The van der Waals surface area contributed by atoms with E-state index in [1.165, 1.54) is 12.5 Å². The van der Waals surface area contributed by atoms with Gasteiger partial charge in [0.05, 0.1) is 0 Å². The summed E-state index contributed by atoms with van der Waals surface area (Å²) in [5.41, 5.74) is 2.04. The van der Waals surface area contributed by atoms with Crippen LogP contribution in [0.4, 0.5) is 5.69 Å². The number of amides is 1. The van der Waals surface area contributed by atoms with Crippen LogP contribution in [0.25, 0.3) is 0 Å². The van der Waals surface area contributed by atoms with Gasteiger partial charge in [-0.25, -0.2) is 0 Å². The molecule has 0 atom stereocenters. The average molecular weight is 280 g/mol. The van der Waals surface area contributed by atoms with Crippen LogP contribution in [-0.2, 0) is 10.1 Å². The van der Waals surface area contributed by atoms with Gasteiger partial charge in [-0.2, -0.15) is 0 Å². The number of carbonyl (C=O) groups is 1. The lowest BCUT2D eigenvalue weighted by molar-refractivity contribution is -0.115. The molecule has 0 saturated heterocycles. The van der Waals surface area contributed by atoms with Crippen LogP contribution in [0, 0.1) is 0 Å². The second kappa shape index (κ2) is 6.28. The maximum Gasteiger partial charge on any atom is 0.227 e. The number of carbonyl (C=O) groups excluding carboxylic acids is 1. The Bertz CT molecular complexity index is 395.